The van der Waals surface area contributed by atoms with E-state index in [0.717, 1.165) is 0 Å². The predicted molar refractivity (Wildman–Crippen MR) is 95.3 cm³/mol. The van der Waals surface area contributed by atoms with Crippen LogP contribution in [0.15, 0.2) is 24.3 Å². The van der Waals surface area contributed by atoms with E-state index in [1.165, 1.54) is 6.07 Å². The lowest BCUT2D eigenvalue weighted by Gasteiger charge is -2.36. The van der Waals surface area contributed by atoms with Crippen molar-refractivity contribution < 1.29 is 23.8 Å². The molecular formula is C19H27FN2O4. The number of aliphatic carboxylic acids is 1. The molecule has 2 unspecified atom stereocenters. The smallest absolute Gasteiger partial charge is 0.317 e. The Kier molecular flexibility index (Phi) is 7.53. The molecule has 1 aliphatic heterocycles. The van der Waals surface area contributed by atoms with E-state index in [0.29, 0.717) is 44.6 Å². The number of hydrogen-bond donors (Lipinski definition) is 1. The zero-order chi connectivity index (χ0) is 19.1. The molecule has 1 N–H and O–H groups in total. The Bertz CT molecular complexity index is 625. The third-order valence-corrected chi connectivity index (χ3v) is 4.60. The molecule has 0 saturated carbocycles. The van der Waals surface area contributed by atoms with Crippen molar-refractivity contribution in [3.05, 3.63) is 35.6 Å². The van der Waals surface area contributed by atoms with E-state index >= 15 is 0 Å². The van der Waals surface area contributed by atoms with Gasteiger partial charge in [-0.2, -0.15) is 0 Å². The van der Waals surface area contributed by atoms with Crippen LogP contribution in [0.4, 0.5) is 4.39 Å². The van der Waals surface area contributed by atoms with E-state index in [2.05, 4.69) is 0 Å². The van der Waals surface area contributed by atoms with E-state index in [-0.39, 0.29) is 30.3 Å². The minimum absolute atomic E-state index is 0.0375. The summed E-state index contributed by atoms with van der Waals surface area (Å²) in [4.78, 5) is 26.9. The number of ether oxygens (including phenoxy) is 1. The summed E-state index contributed by atoms with van der Waals surface area (Å²) in [5.41, 5.74) is 0.627. The highest BCUT2D eigenvalue weighted by Crippen LogP contribution is 2.17. The number of carbonyl (C=O) groups excluding carboxylic acids is 1. The van der Waals surface area contributed by atoms with E-state index in [1.807, 2.05) is 6.92 Å². The lowest BCUT2D eigenvalue weighted by atomic mass is 9.99. The minimum atomic E-state index is -0.891. The number of rotatable bonds is 8. The average molecular weight is 366 g/mol. The largest absolute Gasteiger partial charge is 0.480 e. The van der Waals surface area contributed by atoms with Gasteiger partial charge >= 0.3 is 5.97 Å². The number of nitrogens with zero attached hydrogens (tertiary/aromatic N) is 2. The molecule has 144 valence electrons. The van der Waals surface area contributed by atoms with Crippen LogP contribution < -0.4 is 0 Å². The van der Waals surface area contributed by atoms with Gasteiger partial charge in [-0.05, 0) is 31.5 Å². The van der Waals surface area contributed by atoms with Crippen LogP contribution in [0, 0.1) is 11.7 Å². The molecule has 1 aliphatic rings. The van der Waals surface area contributed by atoms with Gasteiger partial charge in [-0.15, -0.1) is 0 Å². The van der Waals surface area contributed by atoms with Gasteiger partial charge < -0.3 is 14.7 Å². The van der Waals surface area contributed by atoms with Crippen molar-refractivity contribution in [1.29, 1.82) is 0 Å². The fourth-order valence-electron chi connectivity index (χ4n) is 3.18. The number of likely N-dealkylation sites (N-methyl/N-ethyl adjacent to an activating group) is 1. The molecule has 6 nitrogen and oxygen atoms in total. The van der Waals surface area contributed by atoms with Gasteiger partial charge in [0.1, 0.15) is 5.82 Å². The first-order chi connectivity index (χ1) is 12.4. The number of hydrogen-bond acceptors (Lipinski definition) is 4. The number of aryl methyl sites for hydroxylation is 1. The van der Waals surface area contributed by atoms with Crippen LogP contribution >= 0.6 is 0 Å². The highest BCUT2D eigenvalue weighted by atomic mass is 19.1. The molecular weight excluding hydrogens is 339 g/mol. The Morgan fingerprint density at radius 3 is 2.85 bits per heavy atom. The van der Waals surface area contributed by atoms with Crippen molar-refractivity contribution >= 4 is 11.9 Å². The van der Waals surface area contributed by atoms with Gasteiger partial charge in [0.15, 0.2) is 0 Å². The Labute approximate surface area is 153 Å². The summed E-state index contributed by atoms with van der Waals surface area (Å²) >= 11 is 0. The molecule has 1 heterocycles. The number of benzene rings is 1. The van der Waals surface area contributed by atoms with Crippen LogP contribution in [0.5, 0.6) is 0 Å². The second-order valence-corrected chi connectivity index (χ2v) is 6.90. The second-order valence-electron chi connectivity index (χ2n) is 6.90. The quantitative estimate of drug-likeness (QED) is 0.757. The molecule has 1 aromatic carbocycles. The first kappa shape index (κ1) is 20.3. The molecule has 1 aromatic rings. The van der Waals surface area contributed by atoms with Gasteiger partial charge in [-0.3, -0.25) is 14.5 Å². The Morgan fingerprint density at radius 1 is 1.42 bits per heavy atom. The molecule has 2 rings (SSSR count). The molecule has 1 saturated heterocycles. The van der Waals surface area contributed by atoms with Crippen molar-refractivity contribution in [2.45, 2.75) is 25.9 Å². The van der Waals surface area contributed by atoms with Crippen molar-refractivity contribution in [2.24, 2.45) is 5.92 Å². The molecule has 2 atom stereocenters. The van der Waals surface area contributed by atoms with Crippen LogP contribution in [0.25, 0.3) is 0 Å². The molecule has 0 aromatic heterocycles. The number of amides is 1. The molecule has 0 bridgehead atoms. The van der Waals surface area contributed by atoms with Crippen molar-refractivity contribution in [2.75, 3.05) is 39.8 Å². The summed E-state index contributed by atoms with van der Waals surface area (Å²) < 4.78 is 19.4. The zero-order valence-corrected chi connectivity index (χ0v) is 15.4. The van der Waals surface area contributed by atoms with Crippen molar-refractivity contribution in [3.8, 4) is 0 Å². The summed E-state index contributed by atoms with van der Waals surface area (Å²) in [6.07, 6.45) is 0.908. The summed E-state index contributed by atoms with van der Waals surface area (Å²) in [5, 5.41) is 8.83. The van der Waals surface area contributed by atoms with Crippen LogP contribution in [0.1, 0.15) is 18.9 Å². The van der Waals surface area contributed by atoms with Crippen molar-refractivity contribution in [1.82, 2.24) is 9.80 Å². The summed E-state index contributed by atoms with van der Waals surface area (Å²) in [6, 6.07) is 6.63. The SMILES string of the molecule is CC(CCc1ccccc1F)C(=O)N1CCOC(CN(C)CC(=O)O)C1. The highest BCUT2D eigenvalue weighted by Gasteiger charge is 2.28. The number of carbonyl (C=O) groups is 2. The maximum Gasteiger partial charge on any atom is 0.317 e. The lowest BCUT2D eigenvalue weighted by molar-refractivity contribution is -0.145. The first-order valence-electron chi connectivity index (χ1n) is 8.91. The number of morpholine rings is 1. The highest BCUT2D eigenvalue weighted by molar-refractivity contribution is 5.78. The van der Waals surface area contributed by atoms with Crippen LogP contribution in [0.3, 0.4) is 0 Å². The summed E-state index contributed by atoms with van der Waals surface area (Å²) in [6.45, 7) is 3.68. The van der Waals surface area contributed by atoms with E-state index < -0.39 is 5.97 Å². The monoisotopic (exact) mass is 366 g/mol. The standard InChI is InChI=1S/C19H27FN2O4/c1-14(7-8-15-5-3-4-6-17(15)20)19(25)22-9-10-26-16(12-22)11-21(2)13-18(23)24/h3-6,14,16H,7-13H2,1-2H3,(H,23,24). The number of carboxylic acids is 1. The van der Waals surface area contributed by atoms with Gasteiger partial charge in [0.2, 0.25) is 5.91 Å². The van der Waals surface area contributed by atoms with Gasteiger partial charge in [0, 0.05) is 25.6 Å². The van der Waals surface area contributed by atoms with Gasteiger partial charge in [0.25, 0.3) is 0 Å². The minimum Gasteiger partial charge on any atom is -0.480 e. The van der Waals surface area contributed by atoms with Gasteiger partial charge in [-0.25, -0.2) is 4.39 Å². The average Bonchev–Trinajstić information content (AvgIpc) is 2.59. The molecule has 1 fully saturated rings. The molecule has 0 radical (unpaired) electrons. The lowest BCUT2D eigenvalue weighted by Crippen LogP contribution is -2.50. The van der Waals surface area contributed by atoms with Crippen LogP contribution in [-0.4, -0.2) is 72.7 Å². The maximum absolute atomic E-state index is 13.7. The maximum atomic E-state index is 13.7. The third kappa shape index (κ3) is 6.07. The first-order valence-corrected chi connectivity index (χ1v) is 8.91. The fourth-order valence-corrected chi connectivity index (χ4v) is 3.18. The van der Waals surface area contributed by atoms with Gasteiger partial charge in [-0.1, -0.05) is 25.1 Å². The molecule has 26 heavy (non-hydrogen) atoms. The Hall–Kier alpha value is -1.99. The Morgan fingerprint density at radius 2 is 2.15 bits per heavy atom. The molecule has 1 amide bonds. The number of carboxylic acid groups (broad SMARTS) is 1. The third-order valence-electron chi connectivity index (χ3n) is 4.60. The normalized spacial score (nSPS) is 18.8. The second kappa shape index (κ2) is 9.64. The topological polar surface area (TPSA) is 70.1 Å². The van der Waals surface area contributed by atoms with Gasteiger partial charge in [0.05, 0.1) is 19.3 Å². The molecule has 7 heteroatoms. The molecule has 0 aliphatic carbocycles. The van der Waals surface area contributed by atoms with E-state index in [4.69, 9.17) is 9.84 Å². The number of halogens is 1. The fraction of sp³-hybridized carbons (Fsp3) is 0.579. The molecule has 0 spiro atoms. The summed E-state index contributed by atoms with van der Waals surface area (Å²) in [7, 11) is 1.72. The predicted octanol–water partition coefficient (Wildman–Crippen LogP) is 1.64. The zero-order valence-electron chi connectivity index (χ0n) is 15.4. The van der Waals surface area contributed by atoms with Crippen LogP contribution in [0.2, 0.25) is 0 Å². The summed E-state index contributed by atoms with van der Waals surface area (Å²) in [5.74, 6) is -1.29. The van der Waals surface area contributed by atoms with E-state index in [1.54, 1.807) is 35.0 Å². The van der Waals surface area contributed by atoms with Crippen molar-refractivity contribution in [3.63, 3.8) is 0 Å². The van der Waals surface area contributed by atoms with Crippen LogP contribution in [-0.2, 0) is 20.7 Å². The Balaban J connectivity index is 1.83. The van der Waals surface area contributed by atoms with E-state index in [9.17, 15) is 14.0 Å².